The third-order valence-electron chi connectivity index (χ3n) is 5.21. The first-order valence-electron chi connectivity index (χ1n) is 7.73. The highest BCUT2D eigenvalue weighted by Gasteiger charge is 2.42. The van der Waals surface area contributed by atoms with Crippen molar-refractivity contribution in [2.45, 2.75) is 38.6 Å². The molecule has 2 aliphatic carbocycles. The third kappa shape index (κ3) is 2.76. The molecule has 2 fully saturated rings. The lowest BCUT2D eigenvalue weighted by molar-refractivity contribution is 0.0911. The Bertz CT molecular complexity index is 546. The Morgan fingerprint density at radius 3 is 2.76 bits per heavy atom. The van der Waals surface area contributed by atoms with Crippen LogP contribution < -0.4 is 10.1 Å². The smallest absolute Gasteiger partial charge is 0.254 e. The van der Waals surface area contributed by atoms with Crippen molar-refractivity contribution in [2.24, 2.45) is 17.8 Å². The molecule has 4 atom stereocenters. The monoisotopic (exact) mass is 291 g/mol. The number of hydrogen-bond donors (Lipinski definition) is 1. The number of nitrogens with one attached hydrogen (secondary N) is 1. The number of fused-ring (bicyclic) bond motifs is 2. The highest BCUT2D eigenvalue weighted by atomic mass is 19.1. The topological polar surface area (TPSA) is 38.3 Å². The number of methoxy groups -OCH3 is 1. The average Bonchev–Trinajstić information content (AvgIpc) is 3.09. The standard InChI is InChI=1S/C17H22FNO2/c1-10(15-8-11-3-4-12(15)7-11)19-17(20)14-6-5-13(21-2)9-16(14)18/h5-6,9-12,15H,3-4,7-8H2,1-2H3,(H,19,20). The highest BCUT2D eigenvalue weighted by molar-refractivity contribution is 5.94. The first-order chi connectivity index (χ1) is 10.1. The van der Waals surface area contributed by atoms with Crippen LogP contribution in [-0.2, 0) is 0 Å². The van der Waals surface area contributed by atoms with E-state index in [0.29, 0.717) is 11.7 Å². The number of carbonyl (C=O) groups is 1. The summed E-state index contributed by atoms with van der Waals surface area (Å²) in [5, 5.41) is 2.98. The summed E-state index contributed by atoms with van der Waals surface area (Å²) in [5.74, 6) is 1.69. The highest BCUT2D eigenvalue weighted by Crippen LogP contribution is 2.49. The molecule has 1 amide bonds. The molecular formula is C17H22FNO2. The van der Waals surface area contributed by atoms with Crippen molar-refractivity contribution in [1.82, 2.24) is 5.32 Å². The molecule has 2 bridgehead atoms. The molecule has 2 aliphatic rings. The van der Waals surface area contributed by atoms with Gasteiger partial charge in [0.05, 0.1) is 12.7 Å². The van der Waals surface area contributed by atoms with Crippen molar-refractivity contribution in [2.75, 3.05) is 7.11 Å². The molecule has 2 saturated carbocycles. The van der Waals surface area contributed by atoms with Gasteiger partial charge in [-0.2, -0.15) is 0 Å². The molecule has 0 aliphatic heterocycles. The van der Waals surface area contributed by atoms with Crippen molar-refractivity contribution >= 4 is 5.91 Å². The van der Waals surface area contributed by atoms with E-state index in [0.717, 1.165) is 11.8 Å². The van der Waals surface area contributed by atoms with Crippen LogP contribution in [0, 0.1) is 23.6 Å². The quantitative estimate of drug-likeness (QED) is 0.923. The molecule has 3 nitrogen and oxygen atoms in total. The van der Waals surface area contributed by atoms with Gasteiger partial charge in [0.2, 0.25) is 0 Å². The molecule has 21 heavy (non-hydrogen) atoms. The molecule has 114 valence electrons. The van der Waals surface area contributed by atoms with Crippen molar-refractivity contribution in [3.05, 3.63) is 29.6 Å². The van der Waals surface area contributed by atoms with Crippen molar-refractivity contribution in [1.29, 1.82) is 0 Å². The molecule has 0 heterocycles. The summed E-state index contributed by atoms with van der Waals surface area (Å²) in [6.07, 6.45) is 5.14. The maximum atomic E-state index is 13.9. The van der Waals surface area contributed by atoms with Gasteiger partial charge in [0.15, 0.2) is 0 Å². The minimum atomic E-state index is -0.535. The maximum Gasteiger partial charge on any atom is 0.254 e. The van der Waals surface area contributed by atoms with Crippen LogP contribution in [0.5, 0.6) is 5.75 Å². The van der Waals surface area contributed by atoms with Gasteiger partial charge in [-0.1, -0.05) is 6.42 Å². The van der Waals surface area contributed by atoms with Crippen LogP contribution in [0.1, 0.15) is 43.0 Å². The Hall–Kier alpha value is -1.58. The van der Waals surface area contributed by atoms with Crippen LogP contribution in [0.3, 0.4) is 0 Å². The van der Waals surface area contributed by atoms with Crippen LogP contribution in [0.4, 0.5) is 4.39 Å². The molecule has 1 aromatic rings. The Kier molecular flexibility index (Phi) is 3.87. The minimum Gasteiger partial charge on any atom is -0.497 e. The summed E-state index contributed by atoms with van der Waals surface area (Å²) >= 11 is 0. The first kappa shape index (κ1) is 14.4. The molecular weight excluding hydrogens is 269 g/mol. The van der Waals surface area contributed by atoms with Crippen LogP contribution in [-0.4, -0.2) is 19.1 Å². The molecule has 0 radical (unpaired) electrons. The van der Waals surface area contributed by atoms with E-state index in [2.05, 4.69) is 5.32 Å². The molecule has 3 rings (SSSR count). The second-order valence-electron chi connectivity index (χ2n) is 6.45. The number of ether oxygens (including phenoxy) is 1. The molecule has 1 N–H and O–H groups in total. The molecule has 4 unspecified atom stereocenters. The molecule has 0 spiro atoms. The molecule has 4 heteroatoms. The summed E-state index contributed by atoms with van der Waals surface area (Å²) < 4.78 is 18.9. The van der Waals surface area contributed by atoms with Gasteiger partial charge in [-0.3, -0.25) is 4.79 Å². The van der Waals surface area contributed by atoms with Gasteiger partial charge >= 0.3 is 0 Å². The summed E-state index contributed by atoms with van der Waals surface area (Å²) in [6.45, 7) is 2.05. The van der Waals surface area contributed by atoms with Gasteiger partial charge < -0.3 is 10.1 Å². The van der Waals surface area contributed by atoms with Crippen LogP contribution in [0.2, 0.25) is 0 Å². The minimum absolute atomic E-state index is 0.0887. The van der Waals surface area contributed by atoms with E-state index >= 15 is 0 Å². The molecule has 1 aromatic carbocycles. The fraction of sp³-hybridized carbons (Fsp3) is 0.588. The lowest BCUT2D eigenvalue weighted by Crippen LogP contribution is -2.40. The average molecular weight is 291 g/mol. The zero-order chi connectivity index (χ0) is 15.0. The Balaban J connectivity index is 1.66. The van der Waals surface area contributed by atoms with E-state index in [4.69, 9.17) is 4.74 Å². The summed E-state index contributed by atoms with van der Waals surface area (Å²) in [7, 11) is 1.48. The van der Waals surface area contributed by atoms with Crippen LogP contribution in [0.15, 0.2) is 18.2 Å². The summed E-state index contributed by atoms with van der Waals surface area (Å²) in [6, 6.07) is 4.45. The van der Waals surface area contributed by atoms with Crippen molar-refractivity contribution < 1.29 is 13.9 Å². The van der Waals surface area contributed by atoms with E-state index in [1.165, 1.54) is 44.9 Å². The van der Waals surface area contributed by atoms with Crippen molar-refractivity contribution in [3.63, 3.8) is 0 Å². The fourth-order valence-corrected chi connectivity index (χ4v) is 4.10. The Morgan fingerprint density at radius 1 is 1.38 bits per heavy atom. The Labute approximate surface area is 124 Å². The first-order valence-corrected chi connectivity index (χ1v) is 7.73. The van der Waals surface area contributed by atoms with Crippen LogP contribution >= 0.6 is 0 Å². The van der Waals surface area contributed by atoms with E-state index < -0.39 is 5.82 Å². The van der Waals surface area contributed by atoms with Gasteiger partial charge in [0.25, 0.3) is 5.91 Å². The number of carbonyl (C=O) groups excluding carboxylic acids is 1. The normalized spacial score (nSPS) is 28.4. The SMILES string of the molecule is COc1ccc(C(=O)NC(C)C2CC3CCC2C3)c(F)c1. The van der Waals surface area contributed by atoms with E-state index in [1.54, 1.807) is 6.07 Å². The molecule has 0 aromatic heterocycles. The van der Waals surface area contributed by atoms with Gasteiger partial charge in [-0.05, 0) is 56.1 Å². The van der Waals surface area contributed by atoms with E-state index in [-0.39, 0.29) is 17.5 Å². The Morgan fingerprint density at radius 2 is 2.19 bits per heavy atom. The zero-order valence-corrected chi connectivity index (χ0v) is 12.6. The zero-order valence-electron chi connectivity index (χ0n) is 12.6. The summed E-state index contributed by atoms with van der Waals surface area (Å²) in [5.41, 5.74) is 0.0887. The van der Waals surface area contributed by atoms with E-state index in [1.807, 2.05) is 6.92 Å². The van der Waals surface area contributed by atoms with Gasteiger partial charge in [-0.15, -0.1) is 0 Å². The largest absolute Gasteiger partial charge is 0.497 e. The third-order valence-corrected chi connectivity index (χ3v) is 5.21. The number of amides is 1. The van der Waals surface area contributed by atoms with Gasteiger partial charge in [-0.25, -0.2) is 4.39 Å². The summed E-state index contributed by atoms with van der Waals surface area (Å²) in [4.78, 5) is 12.2. The molecule has 0 saturated heterocycles. The maximum absolute atomic E-state index is 13.9. The second-order valence-corrected chi connectivity index (χ2v) is 6.45. The number of rotatable bonds is 4. The lowest BCUT2D eigenvalue weighted by Gasteiger charge is -2.28. The number of hydrogen-bond acceptors (Lipinski definition) is 2. The second kappa shape index (κ2) is 5.66. The predicted molar refractivity (Wildman–Crippen MR) is 78.8 cm³/mol. The number of benzene rings is 1. The lowest BCUT2D eigenvalue weighted by atomic mass is 9.84. The van der Waals surface area contributed by atoms with Crippen molar-refractivity contribution in [3.8, 4) is 5.75 Å². The number of halogens is 1. The fourth-order valence-electron chi connectivity index (χ4n) is 4.10. The van der Waals surface area contributed by atoms with E-state index in [9.17, 15) is 9.18 Å². The van der Waals surface area contributed by atoms with Gasteiger partial charge in [0.1, 0.15) is 11.6 Å². The predicted octanol–water partition coefficient (Wildman–Crippen LogP) is 3.39. The van der Waals surface area contributed by atoms with Gasteiger partial charge in [0, 0.05) is 12.1 Å². The van der Waals surface area contributed by atoms with Crippen LogP contribution in [0.25, 0.3) is 0 Å².